The van der Waals surface area contributed by atoms with Gasteiger partial charge in [0.1, 0.15) is 18.1 Å². The largest absolute Gasteiger partial charge is 0.416 e. The number of nitrogens with zero attached hydrogens (tertiary/aromatic N) is 1. The van der Waals surface area contributed by atoms with Crippen LogP contribution in [-0.4, -0.2) is 53.5 Å². The molecule has 0 spiro atoms. The maximum Gasteiger partial charge on any atom is 0.416 e. The molecule has 1 unspecified atom stereocenters. The lowest BCUT2D eigenvalue weighted by Crippen LogP contribution is -2.41. The van der Waals surface area contributed by atoms with E-state index < -0.39 is 5.76 Å². The summed E-state index contributed by atoms with van der Waals surface area (Å²) in [5.41, 5.74) is 0.127. The number of piperidine rings is 1. The van der Waals surface area contributed by atoms with Gasteiger partial charge < -0.3 is 19.4 Å². The lowest BCUT2D eigenvalue weighted by molar-refractivity contribution is -0.140. The molecule has 1 aromatic rings. The van der Waals surface area contributed by atoms with Crippen molar-refractivity contribution in [2.75, 3.05) is 19.7 Å². The SMILES string of the molecule is O=C(NC1[C@H]2CN(C(=O)[C@@H]3CCCO3)C[C@@H]12)c1coc(=O)[nH]1. The molecule has 3 fully saturated rings. The van der Waals surface area contributed by atoms with Crippen LogP contribution in [0.4, 0.5) is 0 Å². The highest BCUT2D eigenvalue weighted by Crippen LogP contribution is 2.46. The second-order valence-electron chi connectivity index (χ2n) is 6.13. The molecular formula is C14H17N3O5. The minimum atomic E-state index is -0.644. The van der Waals surface area contributed by atoms with E-state index in [1.807, 2.05) is 4.90 Å². The summed E-state index contributed by atoms with van der Waals surface area (Å²) in [5.74, 6) is -0.313. The predicted octanol–water partition coefficient (Wildman–Crippen LogP) is -0.666. The molecule has 8 nitrogen and oxygen atoms in total. The zero-order chi connectivity index (χ0) is 15.3. The molecule has 1 aliphatic carbocycles. The first-order chi connectivity index (χ1) is 10.6. The monoisotopic (exact) mass is 307 g/mol. The third kappa shape index (κ3) is 2.23. The van der Waals surface area contributed by atoms with Crippen LogP contribution in [-0.2, 0) is 9.53 Å². The van der Waals surface area contributed by atoms with Crippen molar-refractivity contribution in [3.63, 3.8) is 0 Å². The van der Waals surface area contributed by atoms with E-state index in [-0.39, 0.29) is 29.7 Å². The molecule has 3 heterocycles. The Morgan fingerprint density at radius 2 is 2.09 bits per heavy atom. The topological polar surface area (TPSA) is 105 Å². The highest BCUT2D eigenvalue weighted by molar-refractivity contribution is 5.92. The molecule has 3 aliphatic rings. The fourth-order valence-corrected chi connectivity index (χ4v) is 3.52. The van der Waals surface area contributed by atoms with Crippen molar-refractivity contribution in [3.05, 3.63) is 22.5 Å². The average molecular weight is 307 g/mol. The number of nitrogens with one attached hydrogen (secondary N) is 2. The number of carbonyl (C=O) groups excluding carboxylic acids is 2. The van der Waals surface area contributed by atoms with Crippen molar-refractivity contribution >= 4 is 11.8 Å². The van der Waals surface area contributed by atoms with Crippen LogP contribution in [0.15, 0.2) is 15.5 Å². The average Bonchev–Trinajstić information content (AvgIpc) is 3.05. The van der Waals surface area contributed by atoms with Crippen molar-refractivity contribution < 1.29 is 18.7 Å². The van der Waals surface area contributed by atoms with Gasteiger partial charge in [0, 0.05) is 37.6 Å². The minimum absolute atomic E-state index is 0.0689. The summed E-state index contributed by atoms with van der Waals surface area (Å²) in [6.07, 6.45) is 2.59. The molecule has 1 saturated carbocycles. The number of ether oxygens (including phenoxy) is 1. The molecule has 22 heavy (non-hydrogen) atoms. The van der Waals surface area contributed by atoms with Crippen LogP contribution in [0.5, 0.6) is 0 Å². The van der Waals surface area contributed by atoms with Gasteiger partial charge in [0.2, 0.25) is 0 Å². The van der Waals surface area contributed by atoms with E-state index in [0.29, 0.717) is 31.5 Å². The molecule has 2 saturated heterocycles. The van der Waals surface area contributed by atoms with Crippen molar-refractivity contribution in [2.24, 2.45) is 11.8 Å². The Hall–Kier alpha value is -2.09. The van der Waals surface area contributed by atoms with Gasteiger partial charge in [-0.25, -0.2) is 4.79 Å². The molecular weight excluding hydrogens is 290 g/mol. The van der Waals surface area contributed by atoms with Gasteiger partial charge in [0.25, 0.3) is 11.8 Å². The van der Waals surface area contributed by atoms with Gasteiger partial charge in [0.15, 0.2) is 0 Å². The number of hydrogen-bond acceptors (Lipinski definition) is 5. The van der Waals surface area contributed by atoms with Crippen molar-refractivity contribution in [1.29, 1.82) is 0 Å². The molecule has 1 aromatic heterocycles. The Labute approximate surface area is 125 Å². The lowest BCUT2D eigenvalue weighted by atomic mass is 10.2. The van der Waals surface area contributed by atoms with Crippen LogP contribution in [0.2, 0.25) is 0 Å². The Morgan fingerprint density at radius 1 is 1.32 bits per heavy atom. The van der Waals surface area contributed by atoms with Crippen LogP contribution in [0.1, 0.15) is 23.3 Å². The molecule has 2 N–H and O–H groups in total. The van der Waals surface area contributed by atoms with Gasteiger partial charge in [-0.05, 0) is 12.8 Å². The molecule has 118 valence electrons. The first kappa shape index (κ1) is 13.6. The number of aromatic amines is 1. The number of oxazole rings is 1. The minimum Gasteiger partial charge on any atom is -0.416 e. The van der Waals surface area contributed by atoms with Crippen LogP contribution in [0.25, 0.3) is 0 Å². The Morgan fingerprint density at radius 3 is 2.68 bits per heavy atom. The molecule has 0 bridgehead atoms. The zero-order valence-electron chi connectivity index (χ0n) is 11.9. The van der Waals surface area contributed by atoms with E-state index in [2.05, 4.69) is 14.7 Å². The lowest BCUT2D eigenvalue weighted by Gasteiger charge is -2.23. The van der Waals surface area contributed by atoms with E-state index in [4.69, 9.17) is 4.74 Å². The quantitative estimate of drug-likeness (QED) is 0.771. The number of likely N-dealkylation sites (tertiary alicyclic amines) is 1. The van der Waals surface area contributed by atoms with Crippen molar-refractivity contribution in [3.8, 4) is 0 Å². The van der Waals surface area contributed by atoms with Crippen LogP contribution in [0.3, 0.4) is 0 Å². The maximum absolute atomic E-state index is 12.2. The molecule has 0 aromatic carbocycles. The summed E-state index contributed by atoms with van der Waals surface area (Å²) in [6, 6.07) is 0.0689. The summed E-state index contributed by atoms with van der Waals surface area (Å²) < 4.78 is 9.97. The Balaban J connectivity index is 1.30. The smallest absolute Gasteiger partial charge is 0.416 e. The van der Waals surface area contributed by atoms with Gasteiger partial charge in [-0.15, -0.1) is 0 Å². The summed E-state index contributed by atoms with van der Waals surface area (Å²) in [6.45, 7) is 1.99. The Kier molecular flexibility index (Phi) is 3.07. The van der Waals surface area contributed by atoms with Gasteiger partial charge in [0.05, 0.1) is 0 Å². The summed E-state index contributed by atoms with van der Waals surface area (Å²) in [7, 11) is 0. The van der Waals surface area contributed by atoms with Crippen molar-refractivity contribution in [2.45, 2.75) is 25.0 Å². The number of amides is 2. The summed E-state index contributed by atoms with van der Waals surface area (Å²) in [5, 5.41) is 2.88. The highest BCUT2D eigenvalue weighted by atomic mass is 16.5. The fourth-order valence-electron chi connectivity index (χ4n) is 3.52. The number of hydrogen-bond donors (Lipinski definition) is 2. The standard InChI is InChI=1S/C14H17N3O5/c18-12(9-6-22-14(20)15-9)16-11-7-4-17(5-8(7)11)13(19)10-2-1-3-21-10/h6-8,10-11H,1-5H2,(H,15,20)(H,16,18)/t7-,8+,10-,11?/m0/s1. The van der Waals surface area contributed by atoms with Gasteiger partial charge in [-0.3, -0.25) is 14.6 Å². The van der Waals surface area contributed by atoms with Gasteiger partial charge in [-0.1, -0.05) is 0 Å². The molecule has 4 atom stereocenters. The van der Waals surface area contributed by atoms with Crippen LogP contribution >= 0.6 is 0 Å². The first-order valence-electron chi connectivity index (χ1n) is 7.52. The molecule has 2 aliphatic heterocycles. The molecule has 2 amide bonds. The molecule has 4 rings (SSSR count). The number of carbonyl (C=O) groups is 2. The Bertz CT molecular complexity index is 647. The van der Waals surface area contributed by atoms with Gasteiger partial charge in [-0.2, -0.15) is 0 Å². The summed E-state index contributed by atoms with van der Waals surface area (Å²) >= 11 is 0. The van der Waals surface area contributed by atoms with E-state index in [1.165, 1.54) is 0 Å². The number of aromatic nitrogens is 1. The second kappa shape index (κ2) is 4.98. The molecule has 0 radical (unpaired) electrons. The summed E-state index contributed by atoms with van der Waals surface area (Å²) in [4.78, 5) is 39.2. The van der Waals surface area contributed by atoms with Crippen molar-refractivity contribution in [1.82, 2.24) is 15.2 Å². The fraction of sp³-hybridized carbons (Fsp3) is 0.643. The zero-order valence-corrected chi connectivity index (χ0v) is 11.9. The number of H-pyrrole nitrogens is 1. The number of rotatable bonds is 3. The predicted molar refractivity (Wildman–Crippen MR) is 73.1 cm³/mol. The first-order valence-corrected chi connectivity index (χ1v) is 7.52. The molecule has 8 heteroatoms. The second-order valence-corrected chi connectivity index (χ2v) is 6.13. The van der Waals surface area contributed by atoms with Crippen LogP contribution in [0, 0.1) is 11.8 Å². The van der Waals surface area contributed by atoms with E-state index in [1.54, 1.807) is 0 Å². The normalized spacial score (nSPS) is 32.8. The third-order valence-electron chi connectivity index (χ3n) is 4.77. The van der Waals surface area contributed by atoms with E-state index in [0.717, 1.165) is 19.1 Å². The van der Waals surface area contributed by atoms with E-state index >= 15 is 0 Å². The highest BCUT2D eigenvalue weighted by Gasteiger charge is 2.58. The third-order valence-corrected chi connectivity index (χ3v) is 4.77. The maximum atomic E-state index is 12.2. The van der Waals surface area contributed by atoms with E-state index in [9.17, 15) is 14.4 Å². The van der Waals surface area contributed by atoms with Gasteiger partial charge >= 0.3 is 5.76 Å². The number of fused-ring (bicyclic) bond motifs is 1. The van der Waals surface area contributed by atoms with Crippen LogP contribution < -0.4 is 11.1 Å².